The van der Waals surface area contributed by atoms with Crippen LogP contribution in [0.1, 0.15) is 6.92 Å². The SMILES string of the molecule is CCN(c1ccccc1)c1cc([N+](=O)[O-])cc(N)n1. The minimum Gasteiger partial charge on any atom is -0.383 e. The molecule has 0 atom stereocenters. The number of rotatable bonds is 4. The van der Waals surface area contributed by atoms with E-state index in [1.54, 1.807) is 0 Å². The summed E-state index contributed by atoms with van der Waals surface area (Å²) in [7, 11) is 0. The third-order valence-corrected chi connectivity index (χ3v) is 2.69. The van der Waals surface area contributed by atoms with Gasteiger partial charge >= 0.3 is 0 Å². The third kappa shape index (κ3) is 2.79. The van der Waals surface area contributed by atoms with Gasteiger partial charge in [-0.15, -0.1) is 0 Å². The van der Waals surface area contributed by atoms with Crippen LogP contribution in [0.25, 0.3) is 0 Å². The third-order valence-electron chi connectivity index (χ3n) is 2.69. The lowest BCUT2D eigenvalue weighted by molar-refractivity contribution is -0.384. The van der Waals surface area contributed by atoms with E-state index in [-0.39, 0.29) is 11.5 Å². The van der Waals surface area contributed by atoms with Crippen LogP contribution in [0.5, 0.6) is 0 Å². The summed E-state index contributed by atoms with van der Waals surface area (Å²) in [5, 5.41) is 10.9. The highest BCUT2D eigenvalue weighted by atomic mass is 16.6. The van der Waals surface area contributed by atoms with E-state index < -0.39 is 4.92 Å². The van der Waals surface area contributed by atoms with Gasteiger partial charge in [-0.2, -0.15) is 0 Å². The Labute approximate surface area is 110 Å². The van der Waals surface area contributed by atoms with Crippen LogP contribution in [0.4, 0.5) is 23.0 Å². The van der Waals surface area contributed by atoms with Crippen molar-refractivity contribution in [2.24, 2.45) is 0 Å². The molecule has 0 bridgehead atoms. The topological polar surface area (TPSA) is 85.3 Å². The highest BCUT2D eigenvalue weighted by Gasteiger charge is 2.15. The molecular formula is C13H14N4O2. The fourth-order valence-corrected chi connectivity index (χ4v) is 1.85. The van der Waals surface area contributed by atoms with Crippen LogP contribution in [-0.2, 0) is 0 Å². The monoisotopic (exact) mass is 258 g/mol. The number of para-hydroxylation sites is 1. The number of hydrogen-bond acceptors (Lipinski definition) is 5. The number of aromatic nitrogens is 1. The van der Waals surface area contributed by atoms with Gasteiger partial charge in [0.05, 0.1) is 17.1 Å². The molecule has 6 nitrogen and oxygen atoms in total. The predicted molar refractivity (Wildman–Crippen MR) is 74.4 cm³/mol. The van der Waals surface area contributed by atoms with Crippen molar-refractivity contribution < 1.29 is 4.92 Å². The molecule has 0 aliphatic heterocycles. The lowest BCUT2D eigenvalue weighted by atomic mass is 10.2. The number of nitrogens with zero attached hydrogens (tertiary/aromatic N) is 3. The normalized spacial score (nSPS) is 10.2. The molecule has 0 unspecified atom stereocenters. The predicted octanol–water partition coefficient (Wildman–Crippen LogP) is 2.73. The van der Waals surface area contributed by atoms with Crippen molar-refractivity contribution in [2.45, 2.75) is 6.92 Å². The lowest BCUT2D eigenvalue weighted by Gasteiger charge is -2.22. The second kappa shape index (κ2) is 5.34. The zero-order valence-electron chi connectivity index (χ0n) is 10.5. The number of anilines is 3. The highest BCUT2D eigenvalue weighted by molar-refractivity contribution is 5.64. The van der Waals surface area contributed by atoms with Crippen LogP contribution in [0.2, 0.25) is 0 Å². The highest BCUT2D eigenvalue weighted by Crippen LogP contribution is 2.27. The van der Waals surface area contributed by atoms with Crippen LogP contribution in [0.15, 0.2) is 42.5 Å². The molecule has 0 spiro atoms. The molecule has 0 fully saturated rings. The summed E-state index contributed by atoms with van der Waals surface area (Å²) < 4.78 is 0. The van der Waals surface area contributed by atoms with Crippen molar-refractivity contribution in [3.8, 4) is 0 Å². The number of pyridine rings is 1. The Bertz CT molecular complexity index is 586. The van der Waals surface area contributed by atoms with Crippen LogP contribution in [0, 0.1) is 10.1 Å². The second-order valence-electron chi connectivity index (χ2n) is 3.95. The van der Waals surface area contributed by atoms with Crippen molar-refractivity contribution >= 4 is 23.0 Å². The maximum Gasteiger partial charge on any atom is 0.276 e. The molecule has 0 saturated heterocycles. The Balaban J connectivity index is 2.47. The van der Waals surface area contributed by atoms with Crippen LogP contribution >= 0.6 is 0 Å². The van der Waals surface area contributed by atoms with E-state index in [9.17, 15) is 10.1 Å². The second-order valence-corrected chi connectivity index (χ2v) is 3.95. The van der Waals surface area contributed by atoms with Gasteiger partial charge in [-0.25, -0.2) is 4.98 Å². The molecule has 1 aromatic carbocycles. The zero-order chi connectivity index (χ0) is 13.8. The summed E-state index contributed by atoms with van der Waals surface area (Å²) in [5.74, 6) is 0.610. The molecular weight excluding hydrogens is 244 g/mol. The molecule has 19 heavy (non-hydrogen) atoms. The Morgan fingerprint density at radius 2 is 2.00 bits per heavy atom. The molecule has 1 heterocycles. The maximum absolute atomic E-state index is 10.9. The van der Waals surface area contributed by atoms with Crippen LogP contribution < -0.4 is 10.6 Å². The molecule has 98 valence electrons. The van der Waals surface area contributed by atoms with Crippen molar-refractivity contribution in [3.05, 3.63) is 52.6 Å². The first-order valence-electron chi connectivity index (χ1n) is 5.86. The van der Waals surface area contributed by atoms with E-state index >= 15 is 0 Å². The minimum atomic E-state index is -0.472. The van der Waals surface area contributed by atoms with Gasteiger partial charge in [0, 0.05) is 12.2 Å². The summed E-state index contributed by atoms with van der Waals surface area (Å²) in [5.41, 5.74) is 6.48. The molecule has 0 aliphatic carbocycles. The number of benzene rings is 1. The lowest BCUT2D eigenvalue weighted by Crippen LogP contribution is -2.18. The average molecular weight is 258 g/mol. The maximum atomic E-state index is 10.9. The fraction of sp³-hybridized carbons (Fsp3) is 0.154. The fourth-order valence-electron chi connectivity index (χ4n) is 1.85. The number of nitro groups is 1. The smallest absolute Gasteiger partial charge is 0.276 e. The van der Waals surface area contributed by atoms with Crippen LogP contribution in [-0.4, -0.2) is 16.5 Å². The standard InChI is InChI=1S/C13H14N4O2/c1-2-16(10-6-4-3-5-7-10)13-9-11(17(18)19)8-12(14)15-13/h3-9H,2H2,1H3,(H2,14,15). The van der Waals surface area contributed by atoms with E-state index in [1.807, 2.05) is 42.2 Å². The molecule has 1 aromatic heterocycles. The zero-order valence-corrected chi connectivity index (χ0v) is 10.5. The van der Waals surface area contributed by atoms with E-state index in [0.717, 1.165) is 5.69 Å². The summed E-state index contributed by atoms with van der Waals surface area (Å²) in [6.45, 7) is 2.58. The van der Waals surface area contributed by atoms with Gasteiger partial charge in [-0.1, -0.05) is 18.2 Å². The molecule has 0 saturated carbocycles. The molecule has 2 aromatic rings. The van der Waals surface area contributed by atoms with E-state index in [4.69, 9.17) is 5.73 Å². The Morgan fingerprint density at radius 1 is 1.32 bits per heavy atom. The van der Waals surface area contributed by atoms with E-state index in [1.165, 1.54) is 12.1 Å². The number of nitrogens with two attached hydrogens (primary N) is 1. The summed E-state index contributed by atoms with van der Waals surface area (Å²) in [6.07, 6.45) is 0. The first-order chi connectivity index (χ1) is 9.11. The molecule has 2 N–H and O–H groups in total. The van der Waals surface area contributed by atoms with Gasteiger partial charge in [0.15, 0.2) is 0 Å². The Kier molecular flexibility index (Phi) is 3.61. The minimum absolute atomic E-state index is 0.0584. The molecule has 0 amide bonds. The molecule has 2 rings (SSSR count). The molecule has 6 heteroatoms. The Morgan fingerprint density at radius 3 is 2.58 bits per heavy atom. The van der Waals surface area contributed by atoms with Gasteiger partial charge in [-0.05, 0) is 19.1 Å². The van der Waals surface area contributed by atoms with Gasteiger partial charge < -0.3 is 10.6 Å². The Hall–Kier alpha value is -2.63. The van der Waals surface area contributed by atoms with Crippen molar-refractivity contribution in [1.29, 1.82) is 0 Å². The average Bonchev–Trinajstić information content (AvgIpc) is 2.40. The molecule has 0 aliphatic rings. The van der Waals surface area contributed by atoms with Gasteiger partial charge in [-0.3, -0.25) is 10.1 Å². The van der Waals surface area contributed by atoms with Gasteiger partial charge in [0.2, 0.25) is 0 Å². The van der Waals surface area contributed by atoms with Crippen molar-refractivity contribution in [3.63, 3.8) is 0 Å². The van der Waals surface area contributed by atoms with E-state index in [2.05, 4.69) is 4.98 Å². The largest absolute Gasteiger partial charge is 0.383 e. The quantitative estimate of drug-likeness (QED) is 0.673. The first kappa shape index (κ1) is 12.8. The summed E-state index contributed by atoms with van der Waals surface area (Å²) in [6, 6.07) is 12.2. The number of nitrogen functional groups attached to an aromatic ring is 1. The van der Waals surface area contributed by atoms with Gasteiger partial charge in [0.25, 0.3) is 5.69 Å². The van der Waals surface area contributed by atoms with E-state index in [0.29, 0.717) is 12.4 Å². The van der Waals surface area contributed by atoms with Crippen LogP contribution in [0.3, 0.4) is 0 Å². The summed E-state index contributed by atoms with van der Waals surface area (Å²) in [4.78, 5) is 16.4. The van der Waals surface area contributed by atoms with Crippen molar-refractivity contribution in [1.82, 2.24) is 4.98 Å². The van der Waals surface area contributed by atoms with Crippen molar-refractivity contribution in [2.75, 3.05) is 17.2 Å². The first-order valence-corrected chi connectivity index (χ1v) is 5.86. The van der Waals surface area contributed by atoms with Gasteiger partial charge in [0.1, 0.15) is 11.6 Å². The summed E-state index contributed by atoms with van der Waals surface area (Å²) >= 11 is 0. The molecule has 0 radical (unpaired) electrons. The number of hydrogen-bond donors (Lipinski definition) is 1.